The number of nitrogens with one attached hydrogen (secondary N) is 1. The van der Waals surface area contributed by atoms with Gasteiger partial charge in [0.2, 0.25) is 5.91 Å². The van der Waals surface area contributed by atoms with E-state index in [0.717, 1.165) is 4.57 Å². The van der Waals surface area contributed by atoms with Gasteiger partial charge < -0.3 is 10.1 Å². The first kappa shape index (κ1) is 18.2. The Labute approximate surface area is 155 Å². The van der Waals surface area contributed by atoms with Crippen molar-refractivity contribution < 1.29 is 9.53 Å². The molecule has 0 bridgehead atoms. The molecule has 7 heteroatoms. The first-order valence-electron chi connectivity index (χ1n) is 8.49. The highest BCUT2D eigenvalue weighted by atomic mass is 16.5. The van der Waals surface area contributed by atoms with Gasteiger partial charge in [-0.1, -0.05) is 30.3 Å². The van der Waals surface area contributed by atoms with Crippen LogP contribution in [0.1, 0.15) is 6.92 Å². The molecule has 1 aromatic heterocycles. The molecule has 3 rings (SSSR count). The number of nitrogens with zero attached hydrogens (tertiary/aromatic N) is 2. The minimum atomic E-state index is -0.769. The molecule has 2 aromatic carbocycles. The normalized spacial score (nSPS) is 10.4. The maximum absolute atomic E-state index is 12.3. The molecule has 0 aliphatic carbocycles. The van der Waals surface area contributed by atoms with E-state index < -0.39 is 17.0 Å². The fourth-order valence-electron chi connectivity index (χ4n) is 2.62. The molecular formula is C20H19N3O4. The van der Waals surface area contributed by atoms with E-state index >= 15 is 0 Å². The molecule has 0 fully saturated rings. The second-order valence-electron chi connectivity index (χ2n) is 5.72. The van der Waals surface area contributed by atoms with Gasteiger partial charge >= 0.3 is 11.1 Å². The summed E-state index contributed by atoms with van der Waals surface area (Å²) in [6.45, 7) is 2.04. The number of hydrogen-bond acceptors (Lipinski definition) is 4. The third-order valence-electron chi connectivity index (χ3n) is 3.87. The van der Waals surface area contributed by atoms with Crippen LogP contribution in [0, 0.1) is 0 Å². The van der Waals surface area contributed by atoms with Crippen LogP contribution in [-0.2, 0) is 11.3 Å². The summed E-state index contributed by atoms with van der Waals surface area (Å²) in [5.74, 6) is 0.112. The van der Waals surface area contributed by atoms with Gasteiger partial charge in [-0.2, -0.15) is 0 Å². The van der Waals surface area contributed by atoms with E-state index in [9.17, 15) is 14.4 Å². The van der Waals surface area contributed by atoms with Gasteiger partial charge in [-0.25, -0.2) is 0 Å². The summed E-state index contributed by atoms with van der Waals surface area (Å²) in [4.78, 5) is 37.0. The summed E-state index contributed by atoms with van der Waals surface area (Å²) >= 11 is 0. The third kappa shape index (κ3) is 4.14. The van der Waals surface area contributed by atoms with Crippen LogP contribution >= 0.6 is 0 Å². The van der Waals surface area contributed by atoms with Crippen LogP contribution in [0.4, 0.5) is 5.69 Å². The Balaban J connectivity index is 1.80. The smallest absolute Gasteiger partial charge is 0.320 e. The Kier molecular flexibility index (Phi) is 5.51. The predicted octanol–water partition coefficient (Wildman–Crippen LogP) is 2.04. The number of para-hydroxylation sites is 3. The van der Waals surface area contributed by atoms with Gasteiger partial charge in [-0.3, -0.25) is 23.5 Å². The van der Waals surface area contributed by atoms with E-state index in [0.29, 0.717) is 23.7 Å². The molecule has 1 heterocycles. The first-order valence-corrected chi connectivity index (χ1v) is 8.49. The molecule has 7 nitrogen and oxygen atoms in total. The fourth-order valence-corrected chi connectivity index (χ4v) is 2.62. The zero-order valence-electron chi connectivity index (χ0n) is 14.8. The molecule has 0 spiro atoms. The van der Waals surface area contributed by atoms with Gasteiger partial charge in [0.1, 0.15) is 12.3 Å². The number of amides is 1. The second-order valence-corrected chi connectivity index (χ2v) is 5.72. The lowest BCUT2D eigenvalue weighted by atomic mass is 10.3. The zero-order chi connectivity index (χ0) is 19.2. The van der Waals surface area contributed by atoms with E-state index in [-0.39, 0.29) is 6.54 Å². The van der Waals surface area contributed by atoms with E-state index in [1.165, 1.54) is 17.0 Å². The molecule has 138 valence electrons. The highest BCUT2D eigenvalue weighted by Crippen LogP contribution is 2.23. The number of carbonyl (C=O) groups is 1. The quantitative estimate of drug-likeness (QED) is 0.678. The SMILES string of the molecule is CCOc1ccccc1NC(=O)Cn1ccn(-c2ccccc2)c(=O)c1=O. The van der Waals surface area contributed by atoms with Crippen molar-refractivity contribution >= 4 is 11.6 Å². The van der Waals surface area contributed by atoms with Crippen LogP contribution < -0.4 is 21.2 Å². The lowest BCUT2D eigenvalue weighted by Gasteiger charge is -2.12. The number of hydrogen-bond donors (Lipinski definition) is 1. The summed E-state index contributed by atoms with van der Waals surface area (Å²) < 4.78 is 7.79. The second kappa shape index (κ2) is 8.18. The standard InChI is InChI=1S/C20H19N3O4/c1-2-27-17-11-7-6-10-16(17)21-18(24)14-22-12-13-23(20(26)19(22)25)15-8-4-3-5-9-15/h3-13H,2,14H2,1H3,(H,21,24). The van der Waals surface area contributed by atoms with Gasteiger partial charge in [0.05, 0.1) is 12.3 Å². The van der Waals surface area contributed by atoms with Gasteiger partial charge in [-0.15, -0.1) is 0 Å². The Bertz CT molecular complexity index is 1050. The molecule has 0 unspecified atom stereocenters. The van der Waals surface area contributed by atoms with Gasteiger partial charge in [0.25, 0.3) is 0 Å². The van der Waals surface area contributed by atoms with Crippen molar-refractivity contribution in [2.24, 2.45) is 0 Å². The summed E-state index contributed by atoms with van der Waals surface area (Å²) in [5, 5.41) is 2.70. The minimum absolute atomic E-state index is 0.274. The third-order valence-corrected chi connectivity index (χ3v) is 3.87. The summed E-state index contributed by atoms with van der Waals surface area (Å²) in [6.07, 6.45) is 2.89. The van der Waals surface area contributed by atoms with Crippen LogP contribution in [0.25, 0.3) is 5.69 Å². The number of rotatable bonds is 6. The molecule has 0 aliphatic rings. The summed E-state index contributed by atoms with van der Waals surface area (Å²) in [7, 11) is 0. The highest BCUT2D eigenvalue weighted by molar-refractivity contribution is 5.92. The summed E-state index contributed by atoms with van der Waals surface area (Å²) in [5.41, 5.74) is -0.391. The fraction of sp³-hybridized carbons (Fsp3) is 0.150. The molecule has 1 amide bonds. The number of benzene rings is 2. The van der Waals surface area contributed by atoms with Crippen molar-refractivity contribution in [2.75, 3.05) is 11.9 Å². The lowest BCUT2D eigenvalue weighted by molar-refractivity contribution is -0.116. The van der Waals surface area contributed by atoms with E-state index in [1.807, 2.05) is 13.0 Å². The van der Waals surface area contributed by atoms with Gasteiger partial charge in [0.15, 0.2) is 0 Å². The Hall–Kier alpha value is -3.61. The van der Waals surface area contributed by atoms with Gasteiger partial charge in [0, 0.05) is 18.1 Å². The number of carbonyl (C=O) groups excluding carboxylic acids is 1. The van der Waals surface area contributed by atoms with Crippen molar-refractivity contribution in [1.29, 1.82) is 0 Å². The van der Waals surface area contributed by atoms with Crippen LogP contribution in [0.15, 0.2) is 76.6 Å². The average molecular weight is 365 g/mol. The number of aromatic nitrogens is 2. The molecule has 27 heavy (non-hydrogen) atoms. The molecule has 0 radical (unpaired) electrons. The maximum Gasteiger partial charge on any atom is 0.320 e. The number of anilines is 1. The number of ether oxygens (including phenoxy) is 1. The van der Waals surface area contributed by atoms with Crippen LogP contribution in [0.3, 0.4) is 0 Å². The topological polar surface area (TPSA) is 82.3 Å². The van der Waals surface area contributed by atoms with E-state index in [2.05, 4.69) is 5.32 Å². The Morgan fingerprint density at radius 3 is 2.41 bits per heavy atom. The van der Waals surface area contributed by atoms with Gasteiger partial charge in [-0.05, 0) is 31.2 Å². The maximum atomic E-state index is 12.3. The average Bonchev–Trinajstić information content (AvgIpc) is 2.68. The minimum Gasteiger partial charge on any atom is -0.492 e. The van der Waals surface area contributed by atoms with Crippen LogP contribution in [0.2, 0.25) is 0 Å². The Morgan fingerprint density at radius 1 is 0.963 bits per heavy atom. The van der Waals surface area contributed by atoms with E-state index in [4.69, 9.17) is 4.74 Å². The van der Waals surface area contributed by atoms with Crippen molar-refractivity contribution in [3.8, 4) is 11.4 Å². The summed E-state index contributed by atoms with van der Waals surface area (Å²) in [6, 6.07) is 15.8. The lowest BCUT2D eigenvalue weighted by Crippen LogP contribution is -2.41. The molecule has 0 saturated carbocycles. The van der Waals surface area contributed by atoms with Crippen molar-refractivity contribution in [1.82, 2.24) is 9.13 Å². The zero-order valence-corrected chi connectivity index (χ0v) is 14.8. The highest BCUT2D eigenvalue weighted by Gasteiger charge is 2.11. The Morgan fingerprint density at radius 2 is 1.67 bits per heavy atom. The molecule has 0 atom stereocenters. The van der Waals surface area contributed by atoms with Crippen LogP contribution in [-0.4, -0.2) is 21.6 Å². The van der Waals surface area contributed by atoms with E-state index in [1.54, 1.807) is 48.5 Å². The first-order chi connectivity index (χ1) is 13.1. The predicted molar refractivity (Wildman–Crippen MR) is 103 cm³/mol. The largest absolute Gasteiger partial charge is 0.492 e. The van der Waals surface area contributed by atoms with Crippen molar-refractivity contribution in [2.45, 2.75) is 13.5 Å². The van der Waals surface area contributed by atoms with Crippen molar-refractivity contribution in [3.63, 3.8) is 0 Å². The monoisotopic (exact) mass is 365 g/mol. The molecule has 3 aromatic rings. The molecule has 0 aliphatic heterocycles. The van der Waals surface area contributed by atoms with Crippen LogP contribution in [0.5, 0.6) is 5.75 Å². The molecule has 0 saturated heterocycles. The van der Waals surface area contributed by atoms with Crippen molar-refractivity contribution in [3.05, 3.63) is 87.7 Å². The molecule has 1 N–H and O–H groups in total. The molecular weight excluding hydrogens is 346 g/mol.